The van der Waals surface area contributed by atoms with E-state index in [1.165, 1.54) is 30.6 Å². The number of carboxylic acid groups (broad SMARTS) is 1. The van der Waals surface area contributed by atoms with Crippen LogP contribution in [-0.2, 0) is 0 Å². The van der Waals surface area contributed by atoms with E-state index in [1.807, 2.05) is 0 Å². The van der Waals surface area contributed by atoms with Crippen LogP contribution in [0.4, 0.5) is 17.3 Å². The molecule has 150 valence electrons. The molecule has 13 heteroatoms. The summed E-state index contributed by atoms with van der Waals surface area (Å²) in [5.74, 6) is -1.08. The van der Waals surface area contributed by atoms with Gasteiger partial charge in [0.2, 0.25) is 0 Å². The lowest BCUT2D eigenvalue weighted by molar-refractivity contribution is -0.402. The van der Waals surface area contributed by atoms with E-state index in [4.69, 9.17) is 22.3 Å². The molecule has 0 aliphatic carbocycles. The fourth-order valence-electron chi connectivity index (χ4n) is 1.51. The van der Waals surface area contributed by atoms with Crippen molar-refractivity contribution in [3.05, 3.63) is 69.3 Å². The Morgan fingerprint density at radius 3 is 2.11 bits per heavy atom. The predicted octanol–water partition coefficient (Wildman–Crippen LogP) is -2.66. The van der Waals surface area contributed by atoms with Crippen molar-refractivity contribution in [1.82, 2.24) is 15.0 Å². The van der Waals surface area contributed by atoms with Gasteiger partial charge in [-0.05, 0) is 24.3 Å². The van der Waals surface area contributed by atoms with Crippen LogP contribution in [0.5, 0.6) is 5.75 Å². The molecule has 1 aromatic carbocycles. The number of nitrogens with one attached hydrogen (secondary N) is 3. The lowest BCUT2D eigenvalue weighted by Crippen LogP contribution is -2.28. The summed E-state index contributed by atoms with van der Waals surface area (Å²) in [6, 6.07) is 6.75. The van der Waals surface area contributed by atoms with E-state index in [1.54, 1.807) is 6.07 Å². The molecule has 0 unspecified atom stereocenters. The molecule has 0 atom stereocenters. The lowest BCUT2D eigenvalue weighted by Gasteiger charge is -2.09. The number of aromatic nitrogens is 4. The highest BCUT2D eigenvalue weighted by Crippen LogP contribution is 2.16. The number of nitrogens with two attached hydrogens (primary N) is 3. The van der Waals surface area contributed by atoms with Gasteiger partial charge in [-0.2, -0.15) is 9.78 Å². The number of aromatic amines is 3. The summed E-state index contributed by atoms with van der Waals surface area (Å²) in [6.07, 6.45) is 2.84. The van der Waals surface area contributed by atoms with E-state index in [9.17, 15) is 19.5 Å². The van der Waals surface area contributed by atoms with Gasteiger partial charge in [-0.1, -0.05) is 5.75 Å². The molecule has 0 amide bonds. The molecule has 0 saturated carbocycles. The summed E-state index contributed by atoms with van der Waals surface area (Å²) in [5.41, 5.74) is 14.9. The smallest absolute Gasteiger partial charge is 0.495 e. The van der Waals surface area contributed by atoms with Crippen LogP contribution in [-0.4, -0.2) is 31.5 Å². The van der Waals surface area contributed by atoms with Crippen molar-refractivity contribution in [2.75, 3.05) is 17.2 Å². The molecule has 0 saturated heterocycles. The minimum Gasteiger partial charge on any atom is -0.872 e. The van der Waals surface area contributed by atoms with E-state index < -0.39 is 17.4 Å². The SMILES string of the molecule is Nc1cc[nH+]c(=O)[nH]1.Nc1ccc(C(=O)O)c([O-])c1.Nc1ccnc(=O)[nH]1.O. The first-order chi connectivity index (χ1) is 12.7. The van der Waals surface area contributed by atoms with E-state index in [2.05, 4.69) is 19.9 Å². The second-order valence-corrected chi connectivity index (χ2v) is 4.78. The van der Waals surface area contributed by atoms with Crippen molar-refractivity contribution in [1.29, 1.82) is 0 Å². The predicted molar refractivity (Wildman–Crippen MR) is 98.2 cm³/mol. The molecular weight excluding hydrogens is 374 g/mol. The maximum absolute atomic E-state index is 10.8. The first kappa shape index (κ1) is 23.6. The molecule has 2 heterocycles. The Balaban J connectivity index is 0.000000391. The number of aromatic carboxylic acids is 1. The zero-order valence-electron chi connectivity index (χ0n) is 14.3. The Morgan fingerprint density at radius 2 is 1.71 bits per heavy atom. The third-order valence-corrected chi connectivity index (χ3v) is 2.67. The summed E-state index contributed by atoms with van der Waals surface area (Å²) < 4.78 is 0. The summed E-state index contributed by atoms with van der Waals surface area (Å²) >= 11 is 0. The summed E-state index contributed by atoms with van der Waals surface area (Å²) in [6.45, 7) is 0. The second kappa shape index (κ2) is 11.3. The van der Waals surface area contributed by atoms with Crippen LogP contribution >= 0.6 is 0 Å². The number of nitrogens with zero attached hydrogens (tertiary/aromatic N) is 1. The Bertz CT molecular complexity index is 966. The van der Waals surface area contributed by atoms with Crippen LogP contribution in [0.3, 0.4) is 0 Å². The van der Waals surface area contributed by atoms with Crippen molar-refractivity contribution in [2.45, 2.75) is 0 Å². The molecule has 0 aliphatic heterocycles. The molecule has 28 heavy (non-hydrogen) atoms. The van der Waals surface area contributed by atoms with Crippen LogP contribution < -0.4 is 38.7 Å². The number of hydrogen-bond donors (Lipinski definition) is 6. The zero-order chi connectivity index (χ0) is 20.4. The summed E-state index contributed by atoms with van der Waals surface area (Å²) in [4.78, 5) is 41.2. The van der Waals surface area contributed by atoms with Crippen molar-refractivity contribution in [3.63, 3.8) is 0 Å². The lowest BCUT2D eigenvalue weighted by atomic mass is 10.2. The number of rotatable bonds is 1. The van der Waals surface area contributed by atoms with Gasteiger partial charge in [0.05, 0.1) is 11.8 Å². The average molecular weight is 393 g/mol. The maximum Gasteiger partial charge on any atom is 0.495 e. The summed E-state index contributed by atoms with van der Waals surface area (Å²) in [5, 5.41) is 19.2. The molecule has 2 aromatic heterocycles. The number of hydrogen-bond acceptors (Lipinski definition) is 8. The Labute approximate surface area is 156 Å². The van der Waals surface area contributed by atoms with E-state index in [0.29, 0.717) is 11.6 Å². The molecule has 0 bridgehead atoms. The maximum atomic E-state index is 10.8. The number of benzene rings is 1. The van der Waals surface area contributed by atoms with Gasteiger partial charge in [-0.25, -0.2) is 19.6 Å². The number of nitrogen functional groups attached to an aromatic ring is 3. The van der Waals surface area contributed by atoms with Gasteiger partial charge in [0.25, 0.3) is 0 Å². The Hall–Kier alpha value is -4.39. The van der Waals surface area contributed by atoms with E-state index >= 15 is 0 Å². The molecule has 3 rings (SSSR count). The van der Waals surface area contributed by atoms with E-state index in [-0.39, 0.29) is 22.4 Å². The number of carboxylic acids is 1. The molecular formula is C15H19N7O6. The number of carbonyl (C=O) groups is 1. The van der Waals surface area contributed by atoms with E-state index in [0.717, 1.165) is 6.07 Å². The van der Waals surface area contributed by atoms with Crippen molar-refractivity contribution < 1.29 is 25.5 Å². The van der Waals surface area contributed by atoms with Gasteiger partial charge >= 0.3 is 17.3 Å². The quantitative estimate of drug-likeness (QED) is 0.235. The van der Waals surface area contributed by atoms with Gasteiger partial charge in [0.15, 0.2) is 5.82 Å². The minimum absolute atomic E-state index is 0. The molecule has 13 nitrogen and oxygen atoms in total. The zero-order valence-corrected chi connectivity index (χ0v) is 14.3. The van der Waals surface area contributed by atoms with Crippen molar-refractivity contribution >= 4 is 23.3 Å². The van der Waals surface area contributed by atoms with Crippen LogP contribution in [0.2, 0.25) is 0 Å². The number of anilines is 3. The van der Waals surface area contributed by atoms with Crippen molar-refractivity contribution in [3.8, 4) is 5.75 Å². The van der Waals surface area contributed by atoms with Crippen LogP contribution in [0.25, 0.3) is 0 Å². The van der Waals surface area contributed by atoms with Crippen LogP contribution in [0.1, 0.15) is 10.4 Å². The monoisotopic (exact) mass is 393 g/mol. The fraction of sp³-hybridized carbons (Fsp3) is 0. The highest BCUT2D eigenvalue weighted by molar-refractivity contribution is 5.91. The third kappa shape index (κ3) is 8.63. The van der Waals surface area contributed by atoms with Gasteiger partial charge in [0, 0.05) is 18.0 Å². The Morgan fingerprint density at radius 1 is 1.07 bits per heavy atom. The molecule has 0 aliphatic rings. The summed E-state index contributed by atoms with van der Waals surface area (Å²) in [7, 11) is 0. The topological polar surface area (TPSA) is 263 Å². The standard InChI is InChI=1S/C7H7NO3.2C4H5N3O.H2O/c8-4-1-2-5(7(10)11)6(9)3-4;2*5-3-1-2-6-4(8)7-3;/h1-3,9H,8H2,(H,10,11);2*1-2H,(H3,5,6,7,8);1H2. The van der Waals surface area contributed by atoms with Gasteiger partial charge in [-0.15, -0.1) is 0 Å². The first-order valence-corrected chi connectivity index (χ1v) is 7.16. The van der Waals surface area contributed by atoms with Gasteiger partial charge in [0.1, 0.15) is 5.82 Å². The molecule has 0 spiro atoms. The highest BCUT2D eigenvalue weighted by atomic mass is 16.4. The van der Waals surface area contributed by atoms with Gasteiger partial charge < -0.3 is 32.9 Å². The second-order valence-electron chi connectivity index (χ2n) is 4.78. The minimum atomic E-state index is -1.23. The van der Waals surface area contributed by atoms with Gasteiger partial charge in [-0.3, -0.25) is 4.98 Å². The first-order valence-electron chi connectivity index (χ1n) is 7.16. The fourth-order valence-corrected chi connectivity index (χ4v) is 1.51. The average Bonchev–Trinajstić information content (AvgIpc) is 2.55. The van der Waals surface area contributed by atoms with Crippen molar-refractivity contribution in [2.24, 2.45) is 0 Å². The van der Waals surface area contributed by atoms with Crippen LogP contribution in [0, 0.1) is 0 Å². The highest BCUT2D eigenvalue weighted by Gasteiger charge is 2.01. The molecule has 12 N–H and O–H groups in total. The normalized spacial score (nSPS) is 8.86. The Kier molecular flexibility index (Phi) is 9.50. The van der Waals surface area contributed by atoms with Crippen LogP contribution in [0.15, 0.2) is 52.3 Å². The largest absolute Gasteiger partial charge is 0.872 e. The molecule has 3 aromatic rings. The molecule has 0 radical (unpaired) electrons. The number of H-pyrrole nitrogens is 3. The molecule has 0 fully saturated rings. The third-order valence-electron chi connectivity index (χ3n) is 2.67.